The molecule has 1 heterocycles. The molecule has 0 amide bonds. The number of nitrogens with one attached hydrogen (secondary N) is 2. The van der Waals surface area contributed by atoms with Gasteiger partial charge in [0.2, 0.25) is 0 Å². The highest BCUT2D eigenvalue weighted by Gasteiger charge is 2.14. The van der Waals surface area contributed by atoms with Gasteiger partial charge in [-0.25, -0.2) is 9.37 Å². The predicted octanol–water partition coefficient (Wildman–Crippen LogP) is 3.39. The van der Waals surface area contributed by atoms with Crippen LogP contribution in [0.2, 0.25) is 5.15 Å². The molecule has 1 aromatic carbocycles. The Morgan fingerprint density at radius 1 is 1.50 bits per heavy atom. The molecule has 0 fully saturated rings. The molecule has 0 bridgehead atoms. The van der Waals surface area contributed by atoms with Crippen molar-refractivity contribution in [1.82, 2.24) is 15.3 Å². The van der Waals surface area contributed by atoms with Crippen molar-refractivity contribution in [3.8, 4) is 11.3 Å². The van der Waals surface area contributed by atoms with Crippen LogP contribution in [0, 0.1) is 5.82 Å². The van der Waals surface area contributed by atoms with Crippen LogP contribution < -0.4 is 5.32 Å². The molecule has 3 nitrogen and oxygen atoms in total. The van der Waals surface area contributed by atoms with Gasteiger partial charge in [0.05, 0.1) is 0 Å². The fraction of sp³-hybridized carbons (Fsp3) is 0.250. The van der Waals surface area contributed by atoms with Crippen LogP contribution in [0.3, 0.4) is 0 Å². The van der Waals surface area contributed by atoms with Gasteiger partial charge < -0.3 is 10.3 Å². The standard InChI is InChI=1S/C12H12BrClFN3/c1-16-5-4-10-17-11(12(14)18-10)8-6-7(13)2-3-9(8)15/h2-3,6,16H,4-5H2,1H3,(H,17,18). The summed E-state index contributed by atoms with van der Waals surface area (Å²) in [5, 5.41) is 3.38. The summed E-state index contributed by atoms with van der Waals surface area (Å²) in [6.45, 7) is 0.782. The SMILES string of the molecule is CNCCc1nc(-c2cc(Br)ccc2F)c(Cl)[nH]1. The number of halogens is 3. The molecule has 0 aliphatic carbocycles. The molecular formula is C12H12BrClFN3. The van der Waals surface area contributed by atoms with Gasteiger partial charge in [-0.1, -0.05) is 27.5 Å². The molecule has 6 heteroatoms. The molecule has 0 saturated heterocycles. The van der Waals surface area contributed by atoms with Crippen LogP contribution >= 0.6 is 27.5 Å². The van der Waals surface area contributed by atoms with E-state index in [-0.39, 0.29) is 5.82 Å². The number of H-pyrrole nitrogens is 1. The van der Waals surface area contributed by atoms with Crippen molar-refractivity contribution < 1.29 is 4.39 Å². The smallest absolute Gasteiger partial charge is 0.134 e. The van der Waals surface area contributed by atoms with Crippen LogP contribution in [-0.2, 0) is 6.42 Å². The van der Waals surface area contributed by atoms with Gasteiger partial charge in [-0.2, -0.15) is 0 Å². The summed E-state index contributed by atoms with van der Waals surface area (Å²) in [6, 6.07) is 4.69. The van der Waals surface area contributed by atoms with Crippen LogP contribution in [0.25, 0.3) is 11.3 Å². The van der Waals surface area contributed by atoms with Gasteiger partial charge in [0.25, 0.3) is 0 Å². The van der Waals surface area contributed by atoms with Crippen molar-refractivity contribution in [2.45, 2.75) is 6.42 Å². The van der Waals surface area contributed by atoms with E-state index >= 15 is 0 Å². The third-order valence-electron chi connectivity index (χ3n) is 2.50. The minimum atomic E-state index is -0.341. The summed E-state index contributed by atoms with van der Waals surface area (Å²) in [4.78, 5) is 7.29. The number of aromatic amines is 1. The summed E-state index contributed by atoms with van der Waals surface area (Å²) in [5.74, 6) is 0.399. The highest BCUT2D eigenvalue weighted by molar-refractivity contribution is 9.10. The average Bonchev–Trinajstić information content (AvgIpc) is 2.71. The molecule has 1 aromatic heterocycles. The molecule has 2 aromatic rings. The minimum absolute atomic E-state index is 0.341. The molecule has 18 heavy (non-hydrogen) atoms. The second kappa shape index (κ2) is 5.82. The molecule has 0 radical (unpaired) electrons. The maximum Gasteiger partial charge on any atom is 0.134 e. The van der Waals surface area contributed by atoms with E-state index in [2.05, 4.69) is 31.2 Å². The summed E-state index contributed by atoms with van der Waals surface area (Å²) < 4.78 is 14.5. The van der Waals surface area contributed by atoms with E-state index in [0.29, 0.717) is 22.8 Å². The van der Waals surface area contributed by atoms with Crippen LogP contribution in [0.15, 0.2) is 22.7 Å². The topological polar surface area (TPSA) is 40.7 Å². The van der Waals surface area contributed by atoms with Gasteiger partial charge in [-0.15, -0.1) is 0 Å². The lowest BCUT2D eigenvalue weighted by Crippen LogP contribution is -2.11. The van der Waals surface area contributed by atoms with Crippen molar-refractivity contribution in [2.75, 3.05) is 13.6 Å². The molecular weight excluding hydrogens is 321 g/mol. The third-order valence-corrected chi connectivity index (χ3v) is 3.27. The normalized spacial score (nSPS) is 10.9. The maximum atomic E-state index is 13.8. The van der Waals surface area contributed by atoms with Crippen molar-refractivity contribution in [2.24, 2.45) is 0 Å². The second-order valence-corrected chi connectivity index (χ2v) is 5.12. The molecule has 0 aliphatic heterocycles. The number of aromatic nitrogens is 2. The zero-order chi connectivity index (χ0) is 13.1. The fourth-order valence-electron chi connectivity index (χ4n) is 1.62. The van der Waals surface area contributed by atoms with Gasteiger partial charge in [0, 0.05) is 23.0 Å². The summed E-state index contributed by atoms with van der Waals surface area (Å²) in [5.41, 5.74) is 0.836. The predicted molar refractivity (Wildman–Crippen MR) is 74.3 cm³/mol. The lowest BCUT2D eigenvalue weighted by atomic mass is 10.1. The first-order valence-electron chi connectivity index (χ1n) is 5.46. The first kappa shape index (κ1) is 13.5. The number of benzene rings is 1. The summed E-state index contributed by atoms with van der Waals surface area (Å²) >= 11 is 9.37. The third kappa shape index (κ3) is 2.91. The van der Waals surface area contributed by atoms with Gasteiger partial charge >= 0.3 is 0 Å². The Kier molecular flexibility index (Phi) is 4.37. The molecule has 0 aliphatic rings. The Labute approximate surface area is 118 Å². The highest BCUT2D eigenvalue weighted by atomic mass is 79.9. The van der Waals surface area contributed by atoms with Crippen molar-refractivity contribution in [3.63, 3.8) is 0 Å². The Balaban J connectivity index is 2.38. The van der Waals surface area contributed by atoms with Gasteiger partial charge in [-0.3, -0.25) is 0 Å². The van der Waals surface area contributed by atoms with Crippen molar-refractivity contribution in [3.05, 3.63) is 39.5 Å². The van der Waals surface area contributed by atoms with E-state index in [1.807, 2.05) is 7.05 Å². The summed E-state index contributed by atoms with van der Waals surface area (Å²) in [6.07, 6.45) is 0.714. The Morgan fingerprint density at radius 2 is 2.28 bits per heavy atom. The second-order valence-electron chi connectivity index (χ2n) is 3.82. The fourth-order valence-corrected chi connectivity index (χ4v) is 2.23. The van der Waals surface area contributed by atoms with Crippen LogP contribution in [-0.4, -0.2) is 23.6 Å². The van der Waals surface area contributed by atoms with E-state index in [9.17, 15) is 4.39 Å². The zero-order valence-electron chi connectivity index (χ0n) is 9.73. The number of imidazole rings is 1. The molecule has 0 saturated carbocycles. The van der Waals surface area contributed by atoms with Gasteiger partial charge in [0.15, 0.2) is 0 Å². The Hall–Kier alpha value is -0.910. The lowest BCUT2D eigenvalue weighted by Gasteiger charge is -2.00. The Morgan fingerprint density at radius 3 is 3.00 bits per heavy atom. The lowest BCUT2D eigenvalue weighted by molar-refractivity contribution is 0.630. The Bertz CT molecular complexity index is 556. The molecule has 0 spiro atoms. The number of rotatable bonds is 4. The number of nitrogens with zero attached hydrogens (tertiary/aromatic N) is 1. The van der Waals surface area contributed by atoms with E-state index in [1.54, 1.807) is 12.1 Å². The monoisotopic (exact) mass is 331 g/mol. The van der Waals surface area contributed by atoms with E-state index < -0.39 is 0 Å². The van der Waals surface area contributed by atoms with E-state index in [1.165, 1.54) is 6.07 Å². The molecule has 2 N–H and O–H groups in total. The average molecular weight is 333 g/mol. The van der Waals surface area contributed by atoms with E-state index in [0.717, 1.165) is 16.8 Å². The van der Waals surface area contributed by atoms with E-state index in [4.69, 9.17) is 11.6 Å². The maximum absolute atomic E-state index is 13.8. The van der Waals surface area contributed by atoms with Crippen LogP contribution in [0.4, 0.5) is 4.39 Å². The highest BCUT2D eigenvalue weighted by Crippen LogP contribution is 2.30. The molecule has 0 unspecified atom stereocenters. The van der Waals surface area contributed by atoms with Crippen LogP contribution in [0.5, 0.6) is 0 Å². The van der Waals surface area contributed by atoms with Gasteiger partial charge in [0.1, 0.15) is 22.5 Å². The number of hydrogen-bond acceptors (Lipinski definition) is 2. The quantitative estimate of drug-likeness (QED) is 0.901. The number of hydrogen-bond donors (Lipinski definition) is 2. The molecule has 0 atom stereocenters. The summed E-state index contributed by atoms with van der Waals surface area (Å²) in [7, 11) is 1.86. The zero-order valence-corrected chi connectivity index (χ0v) is 12.1. The van der Waals surface area contributed by atoms with Crippen LogP contribution in [0.1, 0.15) is 5.82 Å². The van der Waals surface area contributed by atoms with Crippen molar-refractivity contribution >= 4 is 27.5 Å². The van der Waals surface area contributed by atoms with Crippen molar-refractivity contribution in [1.29, 1.82) is 0 Å². The largest absolute Gasteiger partial charge is 0.332 e. The molecule has 2 rings (SSSR count). The first-order valence-corrected chi connectivity index (χ1v) is 6.63. The van der Waals surface area contributed by atoms with Gasteiger partial charge in [-0.05, 0) is 25.2 Å². The first-order chi connectivity index (χ1) is 8.61. The number of likely N-dealkylation sites (N-methyl/N-ethyl adjacent to an activating group) is 1. The molecule has 96 valence electrons. The minimum Gasteiger partial charge on any atom is -0.332 e.